The van der Waals surface area contributed by atoms with E-state index in [4.69, 9.17) is 16.7 Å². The average molecular weight is 263 g/mol. The van der Waals surface area contributed by atoms with Gasteiger partial charge in [-0.25, -0.2) is 4.98 Å². The van der Waals surface area contributed by atoms with E-state index in [9.17, 15) is 4.79 Å². The number of rotatable bonds is 3. The Labute approximate surface area is 109 Å². The van der Waals surface area contributed by atoms with Gasteiger partial charge in [0.15, 0.2) is 0 Å². The van der Waals surface area contributed by atoms with Gasteiger partial charge >= 0.3 is 0 Å². The molecule has 1 aromatic carbocycles. The molecular formula is C13H11ClN2O2. The van der Waals surface area contributed by atoms with Crippen LogP contribution in [0.3, 0.4) is 0 Å². The van der Waals surface area contributed by atoms with E-state index in [0.29, 0.717) is 10.8 Å². The number of pyridine rings is 1. The summed E-state index contributed by atoms with van der Waals surface area (Å²) in [4.78, 5) is 15.6. The lowest BCUT2D eigenvalue weighted by Crippen LogP contribution is -2.14. The molecule has 0 atom stereocenters. The Morgan fingerprint density at radius 1 is 1.22 bits per heavy atom. The van der Waals surface area contributed by atoms with Crippen LogP contribution in [0.5, 0.6) is 5.75 Å². The minimum atomic E-state index is -0.148. The molecule has 92 valence electrons. The van der Waals surface area contributed by atoms with Crippen LogP contribution in [0.15, 0.2) is 42.6 Å². The number of halogens is 1. The molecule has 0 radical (unpaired) electrons. The molecule has 1 amide bonds. The quantitative estimate of drug-likeness (QED) is 0.836. The van der Waals surface area contributed by atoms with Gasteiger partial charge in [-0.05, 0) is 29.8 Å². The van der Waals surface area contributed by atoms with Gasteiger partial charge in [0.05, 0.1) is 18.3 Å². The maximum absolute atomic E-state index is 11.7. The zero-order valence-corrected chi connectivity index (χ0v) is 10.2. The Morgan fingerprint density at radius 2 is 1.94 bits per heavy atom. The van der Waals surface area contributed by atoms with Crippen molar-refractivity contribution in [2.45, 2.75) is 6.42 Å². The molecule has 5 heteroatoms. The van der Waals surface area contributed by atoms with E-state index >= 15 is 0 Å². The second-order valence-corrected chi connectivity index (χ2v) is 4.15. The van der Waals surface area contributed by atoms with E-state index in [1.165, 1.54) is 6.20 Å². The summed E-state index contributed by atoms with van der Waals surface area (Å²) in [6.07, 6.45) is 1.74. The number of carbonyl (C=O) groups is 1. The van der Waals surface area contributed by atoms with Crippen molar-refractivity contribution in [1.82, 2.24) is 4.98 Å². The third-order valence-corrected chi connectivity index (χ3v) is 2.54. The molecule has 0 fully saturated rings. The molecule has 0 spiro atoms. The molecule has 0 aliphatic rings. The first-order valence-corrected chi connectivity index (χ1v) is 5.70. The maximum atomic E-state index is 11.7. The van der Waals surface area contributed by atoms with E-state index in [1.54, 1.807) is 36.4 Å². The van der Waals surface area contributed by atoms with Gasteiger partial charge in [-0.3, -0.25) is 4.79 Å². The fraction of sp³-hybridized carbons (Fsp3) is 0.0769. The maximum Gasteiger partial charge on any atom is 0.228 e. The molecule has 1 aromatic heterocycles. The largest absolute Gasteiger partial charge is 0.508 e. The second kappa shape index (κ2) is 5.51. The Balaban J connectivity index is 1.96. The van der Waals surface area contributed by atoms with Crippen molar-refractivity contribution < 1.29 is 9.90 Å². The summed E-state index contributed by atoms with van der Waals surface area (Å²) in [6.45, 7) is 0. The minimum absolute atomic E-state index is 0.148. The second-order valence-electron chi connectivity index (χ2n) is 3.76. The molecule has 2 N–H and O–H groups in total. The van der Waals surface area contributed by atoms with E-state index in [2.05, 4.69) is 10.3 Å². The first-order valence-electron chi connectivity index (χ1n) is 5.33. The van der Waals surface area contributed by atoms with Gasteiger partial charge < -0.3 is 10.4 Å². The van der Waals surface area contributed by atoms with Crippen LogP contribution >= 0.6 is 11.6 Å². The zero-order valence-electron chi connectivity index (χ0n) is 9.43. The highest BCUT2D eigenvalue weighted by Crippen LogP contribution is 2.12. The van der Waals surface area contributed by atoms with Gasteiger partial charge in [0, 0.05) is 0 Å². The zero-order chi connectivity index (χ0) is 13.0. The summed E-state index contributed by atoms with van der Waals surface area (Å²) in [7, 11) is 0. The number of benzene rings is 1. The number of nitrogens with zero attached hydrogens (tertiary/aromatic N) is 1. The fourth-order valence-corrected chi connectivity index (χ4v) is 1.57. The van der Waals surface area contributed by atoms with E-state index in [1.807, 2.05) is 0 Å². The smallest absolute Gasteiger partial charge is 0.228 e. The predicted octanol–water partition coefficient (Wildman–Crippen LogP) is 2.62. The third-order valence-electron chi connectivity index (χ3n) is 2.31. The van der Waals surface area contributed by atoms with Gasteiger partial charge in [0.2, 0.25) is 5.91 Å². The molecule has 0 saturated heterocycles. The third kappa shape index (κ3) is 3.46. The number of phenols is 1. The molecule has 0 aliphatic carbocycles. The van der Waals surface area contributed by atoms with Crippen molar-refractivity contribution in [3.63, 3.8) is 0 Å². The van der Waals surface area contributed by atoms with Crippen LogP contribution in [0.4, 0.5) is 5.69 Å². The number of phenolic OH excluding ortho intramolecular Hbond substituents is 1. The van der Waals surface area contributed by atoms with Crippen molar-refractivity contribution in [1.29, 1.82) is 0 Å². The van der Waals surface area contributed by atoms with Crippen LogP contribution in [-0.4, -0.2) is 16.0 Å². The van der Waals surface area contributed by atoms with Gasteiger partial charge in [-0.2, -0.15) is 0 Å². The van der Waals surface area contributed by atoms with E-state index < -0.39 is 0 Å². The molecule has 0 bridgehead atoms. The van der Waals surface area contributed by atoms with Gasteiger partial charge in [0.1, 0.15) is 10.9 Å². The first-order chi connectivity index (χ1) is 8.63. The lowest BCUT2D eigenvalue weighted by molar-refractivity contribution is -0.115. The normalized spacial score (nSPS) is 10.1. The average Bonchev–Trinajstić information content (AvgIpc) is 2.35. The van der Waals surface area contributed by atoms with Crippen LogP contribution < -0.4 is 5.32 Å². The standard InChI is InChI=1S/C13H11ClN2O2/c14-12-6-3-10(8-15-12)16-13(18)7-9-1-4-11(17)5-2-9/h1-6,8,17H,7H2,(H,16,18). The fourth-order valence-electron chi connectivity index (χ4n) is 1.45. The lowest BCUT2D eigenvalue weighted by Gasteiger charge is -2.05. The van der Waals surface area contributed by atoms with Crippen LogP contribution in [0.2, 0.25) is 5.15 Å². The topological polar surface area (TPSA) is 62.2 Å². The van der Waals surface area contributed by atoms with Crippen molar-refractivity contribution in [3.05, 3.63) is 53.3 Å². The number of amides is 1. The summed E-state index contributed by atoms with van der Waals surface area (Å²) >= 11 is 5.65. The number of carbonyl (C=O) groups excluding carboxylic acids is 1. The molecule has 0 saturated carbocycles. The Bertz CT molecular complexity index is 488. The molecule has 1 heterocycles. The summed E-state index contributed by atoms with van der Waals surface area (Å²) in [5.41, 5.74) is 1.43. The Hall–Kier alpha value is -2.07. The van der Waals surface area contributed by atoms with Crippen molar-refractivity contribution in [3.8, 4) is 5.75 Å². The number of nitrogens with one attached hydrogen (secondary N) is 1. The summed E-state index contributed by atoms with van der Waals surface area (Å²) in [5, 5.41) is 12.2. The molecular weight excluding hydrogens is 252 g/mol. The van der Waals surface area contributed by atoms with Gasteiger partial charge in [0.25, 0.3) is 0 Å². The number of aromatic hydroxyl groups is 1. The van der Waals surface area contributed by atoms with Crippen LogP contribution in [0.1, 0.15) is 5.56 Å². The van der Waals surface area contributed by atoms with Gasteiger partial charge in [-0.15, -0.1) is 0 Å². The lowest BCUT2D eigenvalue weighted by atomic mass is 10.1. The van der Waals surface area contributed by atoms with E-state index in [-0.39, 0.29) is 18.1 Å². The molecule has 2 rings (SSSR count). The molecule has 0 unspecified atom stereocenters. The highest BCUT2D eigenvalue weighted by atomic mass is 35.5. The number of anilines is 1. The van der Waals surface area contributed by atoms with Gasteiger partial charge in [-0.1, -0.05) is 23.7 Å². The number of hydrogen-bond donors (Lipinski definition) is 2. The highest BCUT2D eigenvalue weighted by Gasteiger charge is 2.04. The summed E-state index contributed by atoms with van der Waals surface area (Å²) in [5.74, 6) is 0.0332. The minimum Gasteiger partial charge on any atom is -0.508 e. The van der Waals surface area contributed by atoms with Crippen LogP contribution in [0, 0.1) is 0 Å². The predicted molar refractivity (Wildman–Crippen MR) is 69.7 cm³/mol. The highest BCUT2D eigenvalue weighted by molar-refractivity contribution is 6.29. The summed E-state index contributed by atoms with van der Waals surface area (Å²) < 4.78 is 0. The molecule has 2 aromatic rings. The van der Waals surface area contributed by atoms with Crippen molar-refractivity contribution >= 4 is 23.2 Å². The van der Waals surface area contributed by atoms with E-state index in [0.717, 1.165) is 5.56 Å². The van der Waals surface area contributed by atoms with Crippen LogP contribution in [-0.2, 0) is 11.2 Å². The number of hydrogen-bond acceptors (Lipinski definition) is 3. The first kappa shape index (κ1) is 12.4. The number of aromatic nitrogens is 1. The summed E-state index contributed by atoms with van der Waals surface area (Å²) in [6, 6.07) is 9.80. The van der Waals surface area contributed by atoms with Crippen molar-refractivity contribution in [2.24, 2.45) is 0 Å². The molecule has 18 heavy (non-hydrogen) atoms. The molecule has 4 nitrogen and oxygen atoms in total. The SMILES string of the molecule is O=C(Cc1ccc(O)cc1)Nc1ccc(Cl)nc1. The van der Waals surface area contributed by atoms with Crippen LogP contribution in [0.25, 0.3) is 0 Å². The Morgan fingerprint density at radius 3 is 2.56 bits per heavy atom. The van der Waals surface area contributed by atoms with Crippen molar-refractivity contribution in [2.75, 3.05) is 5.32 Å². The molecule has 0 aliphatic heterocycles. The Kier molecular flexibility index (Phi) is 3.79. The monoisotopic (exact) mass is 262 g/mol.